The first kappa shape index (κ1) is 14.0. The zero-order valence-corrected chi connectivity index (χ0v) is 12.9. The highest BCUT2D eigenvalue weighted by Crippen LogP contribution is 2.24. The van der Waals surface area contributed by atoms with Crippen LogP contribution in [-0.2, 0) is 6.54 Å². The van der Waals surface area contributed by atoms with E-state index in [0.29, 0.717) is 4.99 Å². The molecule has 2 N–H and O–H groups in total. The summed E-state index contributed by atoms with van der Waals surface area (Å²) in [5, 5.41) is 2.08. The fraction of sp³-hybridized carbons (Fsp3) is 0.286. The van der Waals surface area contributed by atoms with Crippen molar-refractivity contribution in [3.63, 3.8) is 0 Å². The van der Waals surface area contributed by atoms with E-state index in [1.165, 1.54) is 4.88 Å². The summed E-state index contributed by atoms with van der Waals surface area (Å²) in [6.07, 6.45) is 0. The molecule has 5 heteroatoms. The molecule has 2 rings (SSSR count). The Balaban J connectivity index is 2.40. The normalized spacial score (nSPS) is 10.5. The van der Waals surface area contributed by atoms with Gasteiger partial charge in [-0.15, -0.1) is 11.3 Å². The van der Waals surface area contributed by atoms with E-state index < -0.39 is 0 Å². The van der Waals surface area contributed by atoms with Crippen LogP contribution in [0.5, 0.6) is 0 Å². The molecule has 0 radical (unpaired) electrons. The van der Waals surface area contributed by atoms with Crippen molar-refractivity contribution in [1.82, 2.24) is 4.98 Å². The molecule has 2 aromatic rings. The minimum Gasteiger partial charge on any atom is -0.389 e. The predicted octanol–water partition coefficient (Wildman–Crippen LogP) is 3.03. The van der Waals surface area contributed by atoms with Gasteiger partial charge in [0.05, 0.1) is 12.1 Å². The lowest BCUT2D eigenvalue weighted by Gasteiger charge is -2.22. The summed E-state index contributed by atoms with van der Waals surface area (Å²) in [7, 11) is 2.02. The molecule has 100 valence electrons. The zero-order valence-electron chi connectivity index (χ0n) is 11.3. The van der Waals surface area contributed by atoms with Gasteiger partial charge in [0.1, 0.15) is 10.8 Å². The number of aromatic nitrogens is 1. The molecule has 0 aliphatic carbocycles. The van der Waals surface area contributed by atoms with Gasteiger partial charge in [0.25, 0.3) is 0 Å². The van der Waals surface area contributed by atoms with Crippen LogP contribution in [0, 0.1) is 13.8 Å². The maximum absolute atomic E-state index is 5.84. The lowest BCUT2D eigenvalue weighted by atomic mass is 10.1. The van der Waals surface area contributed by atoms with Crippen LogP contribution in [-0.4, -0.2) is 17.0 Å². The van der Waals surface area contributed by atoms with Gasteiger partial charge in [-0.3, -0.25) is 0 Å². The van der Waals surface area contributed by atoms with Gasteiger partial charge in [-0.05, 0) is 36.9 Å². The summed E-state index contributed by atoms with van der Waals surface area (Å²) in [6, 6.07) is 6.18. The van der Waals surface area contributed by atoms with Crippen molar-refractivity contribution in [3.05, 3.63) is 45.3 Å². The van der Waals surface area contributed by atoms with Gasteiger partial charge in [0.2, 0.25) is 0 Å². The minimum atomic E-state index is 0.401. The predicted molar refractivity (Wildman–Crippen MR) is 86.0 cm³/mol. The molecule has 0 atom stereocenters. The third kappa shape index (κ3) is 3.11. The SMILES string of the molecule is Cc1cc(C)c(C(N)=S)c(N(C)Cc2cccs2)n1. The fourth-order valence-electron chi connectivity index (χ4n) is 2.11. The fourth-order valence-corrected chi connectivity index (χ4v) is 3.12. The number of hydrogen-bond acceptors (Lipinski definition) is 4. The molecule has 0 fully saturated rings. The highest BCUT2D eigenvalue weighted by molar-refractivity contribution is 7.80. The van der Waals surface area contributed by atoms with Gasteiger partial charge in [-0.25, -0.2) is 4.98 Å². The molecule has 2 heterocycles. The highest BCUT2D eigenvalue weighted by Gasteiger charge is 2.15. The average Bonchev–Trinajstić information content (AvgIpc) is 2.79. The molecule has 0 amide bonds. The Morgan fingerprint density at radius 1 is 1.47 bits per heavy atom. The Hall–Kier alpha value is -1.46. The minimum absolute atomic E-state index is 0.401. The molecule has 0 bridgehead atoms. The Morgan fingerprint density at radius 2 is 2.21 bits per heavy atom. The average molecular weight is 291 g/mol. The van der Waals surface area contributed by atoms with E-state index in [2.05, 4.69) is 27.4 Å². The van der Waals surface area contributed by atoms with Crippen LogP contribution in [0.1, 0.15) is 21.7 Å². The van der Waals surface area contributed by atoms with Crippen molar-refractivity contribution in [2.24, 2.45) is 5.73 Å². The zero-order chi connectivity index (χ0) is 14.0. The van der Waals surface area contributed by atoms with Crippen molar-refractivity contribution >= 4 is 34.4 Å². The van der Waals surface area contributed by atoms with Crippen LogP contribution < -0.4 is 10.6 Å². The molecule has 0 aliphatic heterocycles. The lowest BCUT2D eigenvalue weighted by Crippen LogP contribution is -2.23. The topological polar surface area (TPSA) is 42.1 Å². The van der Waals surface area contributed by atoms with Crippen LogP contribution in [0.2, 0.25) is 0 Å². The van der Waals surface area contributed by atoms with Crippen LogP contribution in [0.25, 0.3) is 0 Å². The molecule has 0 saturated carbocycles. The van der Waals surface area contributed by atoms with E-state index in [-0.39, 0.29) is 0 Å². The molecular formula is C14H17N3S2. The first-order valence-corrected chi connectivity index (χ1v) is 7.29. The van der Waals surface area contributed by atoms with Gasteiger partial charge in [-0.1, -0.05) is 18.3 Å². The van der Waals surface area contributed by atoms with Gasteiger partial charge in [0, 0.05) is 17.6 Å². The second-order valence-corrected chi connectivity index (χ2v) is 6.05. The molecule has 0 spiro atoms. The van der Waals surface area contributed by atoms with Crippen molar-refractivity contribution < 1.29 is 0 Å². The number of anilines is 1. The van der Waals surface area contributed by atoms with E-state index in [1.807, 2.05) is 27.0 Å². The molecule has 0 saturated heterocycles. The summed E-state index contributed by atoms with van der Waals surface area (Å²) in [5.41, 5.74) is 8.77. The second-order valence-electron chi connectivity index (χ2n) is 4.58. The first-order valence-electron chi connectivity index (χ1n) is 6.00. The van der Waals surface area contributed by atoms with Gasteiger partial charge in [0.15, 0.2) is 0 Å². The van der Waals surface area contributed by atoms with Gasteiger partial charge < -0.3 is 10.6 Å². The third-order valence-electron chi connectivity index (χ3n) is 2.91. The Kier molecular flexibility index (Phi) is 4.17. The summed E-state index contributed by atoms with van der Waals surface area (Å²) in [6.45, 7) is 4.81. The number of rotatable bonds is 4. The summed E-state index contributed by atoms with van der Waals surface area (Å²) in [4.78, 5) is 8.39. The van der Waals surface area contributed by atoms with Crippen molar-refractivity contribution in [2.75, 3.05) is 11.9 Å². The number of hydrogen-bond donors (Lipinski definition) is 1. The molecule has 2 aromatic heterocycles. The largest absolute Gasteiger partial charge is 0.389 e. The van der Waals surface area contributed by atoms with E-state index in [0.717, 1.165) is 29.2 Å². The molecule has 0 aromatic carbocycles. The van der Waals surface area contributed by atoms with E-state index >= 15 is 0 Å². The van der Waals surface area contributed by atoms with E-state index in [4.69, 9.17) is 18.0 Å². The summed E-state index contributed by atoms with van der Waals surface area (Å²) >= 11 is 6.90. The van der Waals surface area contributed by atoms with Crippen molar-refractivity contribution in [3.8, 4) is 0 Å². The van der Waals surface area contributed by atoms with Crippen molar-refractivity contribution in [2.45, 2.75) is 20.4 Å². The van der Waals surface area contributed by atoms with Crippen LogP contribution in [0.15, 0.2) is 23.6 Å². The molecule has 3 nitrogen and oxygen atoms in total. The number of nitrogens with zero attached hydrogens (tertiary/aromatic N) is 2. The first-order chi connectivity index (χ1) is 8.99. The smallest absolute Gasteiger partial charge is 0.139 e. The summed E-state index contributed by atoms with van der Waals surface area (Å²) in [5.74, 6) is 0.860. The second kappa shape index (κ2) is 5.67. The molecule has 0 aliphatic rings. The molecule has 0 unspecified atom stereocenters. The maximum Gasteiger partial charge on any atom is 0.139 e. The Labute approximate surface area is 123 Å². The number of nitrogens with two attached hydrogens (primary N) is 1. The van der Waals surface area contributed by atoms with Crippen LogP contribution in [0.4, 0.5) is 5.82 Å². The number of thiocarbonyl (C=S) groups is 1. The summed E-state index contributed by atoms with van der Waals surface area (Å²) < 4.78 is 0. The number of aryl methyl sites for hydroxylation is 2. The van der Waals surface area contributed by atoms with E-state index in [1.54, 1.807) is 11.3 Å². The molecular weight excluding hydrogens is 274 g/mol. The monoisotopic (exact) mass is 291 g/mol. The standard InChI is InChI=1S/C14H17N3S2/c1-9-7-10(2)16-14(12(9)13(15)18)17(3)8-11-5-4-6-19-11/h4-7H,8H2,1-3H3,(H2,15,18). The van der Waals surface area contributed by atoms with Gasteiger partial charge >= 0.3 is 0 Å². The van der Waals surface area contributed by atoms with Crippen LogP contribution in [0.3, 0.4) is 0 Å². The quantitative estimate of drug-likeness (QED) is 0.879. The van der Waals surface area contributed by atoms with Crippen LogP contribution >= 0.6 is 23.6 Å². The Morgan fingerprint density at radius 3 is 2.79 bits per heavy atom. The van der Waals surface area contributed by atoms with Gasteiger partial charge in [-0.2, -0.15) is 0 Å². The third-order valence-corrected chi connectivity index (χ3v) is 3.97. The number of pyridine rings is 1. The lowest BCUT2D eigenvalue weighted by molar-refractivity contribution is 0.901. The maximum atomic E-state index is 5.84. The number of thiophene rings is 1. The highest BCUT2D eigenvalue weighted by atomic mass is 32.1. The molecule has 19 heavy (non-hydrogen) atoms. The van der Waals surface area contributed by atoms with Crippen molar-refractivity contribution in [1.29, 1.82) is 0 Å². The Bertz CT molecular complexity index is 591. The van der Waals surface area contributed by atoms with E-state index in [9.17, 15) is 0 Å².